The fraction of sp³-hybridized carbons (Fsp3) is 0.310. The molecule has 2 aliphatic heterocycles. The van der Waals surface area contributed by atoms with Crippen molar-refractivity contribution in [2.45, 2.75) is 38.6 Å². The van der Waals surface area contributed by atoms with Crippen LogP contribution in [0.4, 0.5) is 17.1 Å². The van der Waals surface area contributed by atoms with Crippen molar-refractivity contribution in [2.75, 3.05) is 36.2 Å². The number of hydrogen-bond donors (Lipinski definition) is 4. The number of nitrogens with zero attached hydrogens (tertiary/aromatic N) is 1. The van der Waals surface area contributed by atoms with Crippen LogP contribution in [0.25, 0.3) is 0 Å². The second-order valence-electron chi connectivity index (χ2n) is 9.58. The van der Waals surface area contributed by atoms with Gasteiger partial charge in [0.2, 0.25) is 5.91 Å². The number of fused-ring (bicyclic) bond motifs is 4. The van der Waals surface area contributed by atoms with Crippen LogP contribution in [-0.4, -0.2) is 49.7 Å². The normalized spacial score (nSPS) is 16.5. The third-order valence-corrected chi connectivity index (χ3v) is 7.08. The van der Waals surface area contributed by atoms with Crippen molar-refractivity contribution in [3.8, 4) is 11.5 Å². The van der Waals surface area contributed by atoms with Crippen LogP contribution in [0.5, 0.6) is 11.5 Å². The molecule has 0 spiro atoms. The molecule has 0 aliphatic carbocycles. The molecule has 4 N–H and O–H groups in total. The average Bonchev–Trinajstić information content (AvgIpc) is 3.25. The molecule has 3 aromatic rings. The number of aliphatic hydroxyl groups is 1. The molecule has 0 saturated carbocycles. The van der Waals surface area contributed by atoms with Crippen molar-refractivity contribution in [3.63, 3.8) is 0 Å². The fourth-order valence-electron chi connectivity index (χ4n) is 4.96. The van der Waals surface area contributed by atoms with Gasteiger partial charge in [-0.3, -0.25) is 9.59 Å². The van der Waals surface area contributed by atoms with Crippen molar-refractivity contribution in [2.24, 2.45) is 0 Å². The van der Waals surface area contributed by atoms with Crippen LogP contribution in [-0.2, 0) is 24.4 Å². The van der Waals surface area contributed by atoms with E-state index in [1.165, 1.54) is 5.56 Å². The standard InChI is InChI=1S/C29H32N4O5/c1-17(30-2)28(35)32-21-9-18(15-34)8-19(10-21)16-38-27-13-24-23(12-26(27)37-3)29(36)33-22(14-31-24)11-20-6-4-5-7-25(20)33/h4-10,12-13,17,22,30-31,34H,11,14-16H2,1-3H3,(H,32,35). The number of anilines is 3. The van der Waals surface area contributed by atoms with Gasteiger partial charge < -0.3 is 35.4 Å². The molecule has 38 heavy (non-hydrogen) atoms. The quantitative estimate of drug-likeness (QED) is 0.363. The van der Waals surface area contributed by atoms with Crippen LogP contribution >= 0.6 is 0 Å². The van der Waals surface area contributed by atoms with Gasteiger partial charge in [-0.2, -0.15) is 0 Å². The number of aliphatic hydroxyl groups excluding tert-OH is 1. The van der Waals surface area contributed by atoms with Crippen LogP contribution in [0.1, 0.15) is 34.0 Å². The first kappa shape index (κ1) is 25.6. The van der Waals surface area contributed by atoms with Gasteiger partial charge in [-0.1, -0.05) is 18.2 Å². The van der Waals surface area contributed by atoms with E-state index in [4.69, 9.17) is 9.47 Å². The zero-order valence-corrected chi connectivity index (χ0v) is 21.7. The van der Waals surface area contributed by atoms with E-state index < -0.39 is 0 Å². The number of likely N-dealkylation sites (N-methyl/N-ethyl adjacent to an activating group) is 1. The predicted molar refractivity (Wildman–Crippen MR) is 146 cm³/mol. The van der Waals surface area contributed by atoms with Crippen LogP contribution in [0.15, 0.2) is 54.6 Å². The number of para-hydroxylation sites is 1. The Labute approximate surface area is 221 Å². The summed E-state index contributed by atoms with van der Waals surface area (Å²) in [4.78, 5) is 27.8. The summed E-state index contributed by atoms with van der Waals surface area (Å²) in [5.74, 6) is 0.676. The third kappa shape index (κ3) is 4.90. The van der Waals surface area contributed by atoms with E-state index in [9.17, 15) is 14.7 Å². The Morgan fingerprint density at radius 1 is 1.16 bits per heavy atom. The van der Waals surface area contributed by atoms with E-state index in [2.05, 4.69) is 22.0 Å². The topological polar surface area (TPSA) is 112 Å². The Balaban J connectivity index is 1.39. The van der Waals surface area contributed by atoms with Gasteiger partial charge in [0, 0.05) is 24.0 Å². The molecule has 2 amide bonds. The van der Waals surface area contributed by atoms with Gasteiger partial charge in [-0.15, -0.1) is 0 Å². The van der Waals surface area contributed by atoms with Crippen molar-refractivity contribution >= 4 is 28.9 Å². The van der Waals surface area contributed by atoms with Crippen molar-refractivity contribution in [3.05, 3.63) is 76.9 Å². The van der Waals surface area contributed by atoms with Gasteiger partial charge in [0.1, 0.15) is 6.61 Å². The number of rotatable bonds is 8. The molecule has 0 radical (unpaired) electrons. The van der Waals surface area contributed by atoms with E-state index in [0.29, 0.717) is 40.5 Å². The molecule has 2 aliphatic rings. The molecule has 9 nitrogen and oxygen atoms in total. The zero-order valence-electron chi connectivity index (χ0n) is 21.7. The van der Waals surface area contributed by atoms with E-state index in [0.717, 1.165) is 17.7 Å². The molecular weight excluding hydrogens is 484 g/mol. The molecule has 0 aromatic heterocycles. The Kier molecular flexibility index (Phi) is 7.22. The van der Waals surface area contributed by atoms with Crippen molar-refractivity contribution in [1.29, 1.82) is 0 Å². The lowest BCUT2D eigenvalue weighted by molar-refractivity contribution is -0.117. The number of methoxy groups -OCH3 is 1. The van der Waals surface area contributed by atoms with Crippen LogP contribution in [0, 0.1) is 0 Å². The molecule has 0 saturated heterocycles. The van der Waals surface area contributed by atoms with Gasteiger partial charge in [-0.25, -0.2) is 0 Å². The third-order valence-electron chi connectivity index (χ3n) is 7.08. The second kappa shape index (κ2) is 10.7. The molecular formula is C29H32N4O5. The number of amides is 2. The monoisotopic (exact) mass is 516 g/mol. The smallest absolute Gasteiger partial charge is 0.260 e. The number of benzene rings is 3. The maximum absolute atomic E-state index is 13.6. The molecule has 5 rings (SSSR count). The molecule has 2 heterocycles. The summed E-state index contributed by atoms with van der Waals surface area (Å²) in [6.07, 6.45) is 0.802. The highest BCUT2D eigenvalue weighted by atomic mass is 16.5. The number of ether oxygens (including phenoxy) is 2. The minimum atomic E-state index is -0.365. The average molecular weight is 517 g/mol. The largest absolute Gasteiger partial charge is 0.493 e. The van der Waals surface area contributed by atoms with Gasteiger partial charge in [0.25, 0.3) is 5.91 Å². The van der Waals surface area contributed by atoms with E-state index in [1.54, 1.807) is 39.3 Å². The highest BCUT2D eigenvalue weighted by Crippen LogP contribution is 2.40. The van der Waals surface area contributed by atoms with Crippen molar-refractivity contribution in [1.82, 2.24) is 5.32 Å². The summed E-state index contributed by atoms with van der Waals surface area (Å²) in [5, 5.41) is 18.9. The molecule has 198 valence electrons. The number of hydrogen-bond acceptors (Lipinski definition) is 7. The first-order valence-electron chi connectivity index (χ1n) is 12.6. The summed E-state index contributed by atoms with van der Waals surface area (Å²) in [7, 11) is 3.26. The van der Waals surface area contributed by atoms with Crippen LogP contribution in [0.2, 0.25) is 0 Å². The first-order valence-corrected chi connectivity index (χ1v) is 12.6. The minimum absolute atomic E-state index is 0.0307. The summed E-state index contributed by atoms with van der Waals surface area (Å²) in [6.45, 7) is 2.38. The Bertz CT molecular complexity index is 1380. The Morgan fingerprint density at radius 2 is 1.95 bits per heavy atom. The van der Waals surface area contributed by atoms with Gasteiger partial charge in [-0.05, 0) is 67.4 Å². The molecule has 2 unspecified atom stereocenters. The van der Waals surface area contributed by atoms with Gasteiger partial charge >= 0.3 is 0 Å². The predicted octanol–water partition coefficient (Wildman–Crippen LogP) is 3.31. The number of nitrogens with one attached hydrogen (secondary N) is 3. The van der Waals surface area contributed by atoms with Gasteiger partial charge in [0.05, 0.1) is 37.1 Å². The van der Waals surface area contributed by atoms with E-state index in [1.807, 2.05) is 35.2 Å². The maximum Gasteiger partial charge on any atom is 0.260 e. The lowest BCUT2D eigenvalue weighted by Gasteiger charge is -2.22. The fourth-order valence-corrected chi connectivity index (χ4v) is 4.96. The Hall–Kier alpha value is -4.08. The van der Waals surface area contributed by atoms with E-state index in [-0.39, 0.29) is 37.1 Å². The molecule has 0 bridgehead atoms. The molecule has 9 heteroatoms. The SMILES string of the molecule is CNC(C)C(=O)Nc1cc(CO)cc(COc2cc3c(cc2OC)C(=O)N2c4ccccc4CC2CN3)c1. The van der Waals surface area contributed by atoms with Crippen LogP contribution in [0.3, 0.4) is 0 Å². The second-order valence-corrected chi connectivity index (χ2v) is 9.58. The lowest BCUT2D eigenvalue weighted by atomic mass is 10.1. The lowest BCUT2D eigenvalue weighted by Crippen LogP contribution is -2.39. The molecule has 2 atom stereocenters. The van der Waals surface area contributed by atoms with Gasteiger partial charge in [0.15, 0.2) is 11.5 Å². The minimum Gasteiger partial charge on any atom is -0.493 e. The Morgan fingerprint density at radius 3 is 2.71 bits per heavy atom. The highest BCUT2D eigenvalue weighted by Gasteiger charge is 2.37. The maximum atomic E-state index is 13.6. The number of carbonyl (C=O) groups is 2. The van der Waals surface area contributed by atoms with E-state index >= 15 is 0 Å². The summed E-state index contributed by atoms with van der Waals surface area (Å²) >= 11 is 0. The molecule has 3 aromatic carbocycles. The summed E-state index contributed by atoms with van der Waals surface area (Å²) in [6, 6.07) is 16.6. The molecule has 0 fully saturated rings. The summed E-state index contributed by atoms with van der Waals surface area (Å²) in [5.41, 5.74) is 5.33. The number of carbonyl (C=O) groups excluding carboxylic acids is 2. The van der Waals surface area contributed by atoms with Crippen LogP contribution < -0.4 is 30.3 Å². The van der Waals surface area contributed by atoms with Crippen molar-refractivity contribution < 1.29 is 24.2 Å². The highest BCUT2D eigenvalue weighted by molar-refractivity contribution is 6.12. The zero-order chi connectivity index (χ0) is 26.8. The first-order chi connectivity index (χ1) is 18.4. The summed E-state index contributed by atoms with van der Waals surface area (Å²) < 4.78 is 11.7.